The third-order valence-electron chi connectivity index (χ3n) is 2.58. The van der Waals surface area contributed by atoms with Gasteiger partial charge in [-0.3, -0.25) is 4.55 Å². The van der Waals surface area contributed by atoms with Crippen molar-refractivity contribution in [3.05, 3.63) is 0 Å². The normalized spacial score (nSPS) is 19.1. The molecule has 10 heteroatoms. The number of nitrogens with zero attached hydrogens (tertiary/aromatic N) is 1. The summed E-state index contributed by atoms with van der Waals surface area (Å²) in [6.07, 6.45) is -6.95. The summed E-state index contributed by atoms with van der Waals surface area (Å²) >= 11 is 0. The summed E-state index contributed by atoms with van der Waals surface area (Å²) in [4.78, 5) is 12.6. The molecule has 0 bridgehead atoms. The zero-order chi connectivity index (χ0) is 14.7. The first kappa shape index (κ1) is 16.0. The Morgan fingerprint density at radius 2 is 1.79 bits per heavy atom. The average Bonchev–Trinajstić information content (AvgIpc) is 2.26. The molecule has 1 rings (SSSR count). The molecule has 0 spiro atoms. The van der Waals surface area contributed by atoms with Crippen molar-refractivity contribution in [1.82, 2.24) is 4.90 Å². The van der Waals surface area contributed by atoms with Crippen molar-refractivity contribution < 1.29 is 35.7 Å². The van der Waals surface area contributed by atoms with Gasteiger partial charge in [-0.25, -0.2) is 4.79 Å². The number of ether oxygens (including phenoxy) is 1. The molecule has 1 heterocycles. The third-order valence-corrected chi connectivity index (χ3v) is 3.31. The lowest BCUT2D eigenvalue weighted by Gasteiger charge is -2.28. The third kappa shape index (κ3) is 5.64. The van der Waals surface area contributed by atoms with Gasteiger partial charge < -0.3 is 9.64 Å². The van der Waals surface area contributed by atoms with Crippen molar-refractivity contribution in [1.29, 1.82) is 0 Å². The summed E-state index contributed by atoms with van der Waals surface area (Å²) in [5.74, 6) is -1.70. The topological polar surface area (TPSA) is 83.9 Å². The first-order chi connectivity index (χ1) is 8.59. The van der Waals surface area contributed by atoms with Crippen molar-refractivity contribution in [2.45, 2.75) is 31.5 Å². The van der Waals surface area contributed by atoms with Crippen LogP contribution in [0.15, 0.2) is 0 Å². The van der Waals surface area contributed by atoms with Gasteiger partial charge in [0.05, 0.1) is 0 Å². The highest BCUT2D eigenvalue weighted by atomic mass is 32.2. The van der Waals surface area contributed by atoms with Crippen molar-refractivity contribution >= 4 is 16.2 Å². The number of hydrogen-bond donors (Lipinski definition) is 1. The number of carbonyl (C=O) groups is 1. The highest BCUT2D eigenvalue weighted by Gasteiger charge is 2.46. The lowest BCUT2D eigenvalue weighted by molar-refractivity contribution is -0.198. The van der Waals surface area contributed by atoms with Crippen molar-refractivity contribution in [2.24, 2.45) is 0 Å². The fraction of sp³-hybridized carbons (Fsp3) is 0.889. The van der Waals surface area contributed by atoms with E-state index in [1.165, 1.54) is 0 Å². The van der Waals surface area contributed by atoms with Crippen LogP contribution >= 0.6 is 0 Å². The van der Waals surface area contributed by atoms with E-state index in [1.807, 2.05) is 0 Å². The first-order valence-electron chi connectivity index (χ1n) is 5.57. The summed E-state index contributed by atoms with van der Waals surface area (Å²) in [6.45, 7) is 0.546. The number of alkyl halides is 3. The zero-order valence-electron chi connectivity index (χ0n) is 9.89. The number of carbonyl (C=O) groups excluding carboxylic acids is 1. The largest absolute Gasteiger partial charge is 0.435 e. The Kier molecular flexibility index (Phi) is 5.02. The highest BCUT2D eigenvalue weighted by molar-refractivity contribution is 7.85. The Hall–Kier alpha value is -1.03. The van der Waals surface area contributed by atoms with Crippen LogP contribution in [0.5, 0.6) is 0 Å². The first-order valence-corrected chi connectivity index (χ1v) is 7.18. The van der Waals surface area contributed by atoms with Gasteiger partial charge in [0.15, 0.2) is 0 Å². The maximum Gasteiger partial charge on any atom is 0.426 e. The minimum atomic E-state index is -5.05. The van der Waals surface area contributed by atoms with Crippen LogP contribution in [0.3, 0.4) is 0 Å². The maximum atomic E-state index is 12.5. The van der Waals surface area contributed by atoms with E-state index in [1.54, 1.807) is 0 Å². The molecule has 6 nitrogen and oxygen atoms in total. The van der Waals surface area contributed by atoms with Crippen molar-refractivity contribution in [3.8, 4) is 0 Å². The number of rotatable bonds is 3. The van der Waals surface area contributed by atoms with Gasteiger partial charge in [0.25, 0.3) is 10.1 Å². The van der Waals surface area contributed by atoms with Crippen LogP contribution < -0.4 is 0 Å². The second kappa shape index (κ2) is 5.95. The predicted molar refractivity (Wildman–Crippen MR) is 58.2 cm³/mol. The van der Waals surface area contributed by atoms with Gasteiger partial charge in [0.1, 0.15) is 5.75 Å². The van der Waals surface area contributed by atoms with E-state index in [-0.39, 0.29) is 13.1 Å². The second-order valence-electron chi connectivity index (χ2n) is 4.21. The molecule has 0 aromatic rings. The molecule has 0 saturated carbocycles. The van der Waals surface area contributed by atoms with Crippen LogP contribution in [0.4, 0.5) is 18.0 Å². The van der Waals surface area contributed by atoms with Gasteiger partial charge in [-0.15, -0.1) is 0 Å². The Balaban J connectivity index is 2.69. The summed E-state index contributed by atoms with van der Waals surface area (Å²) in [6, 6.07) is 0. The van der Waals surface area contributed by atoms with E-state index >= 15 is 0 Å². The average molecular weight is 305 g/mol. The molecule has 1 amide bonds. The highest BCUT2D eigenvalue weighted by Crippen LogP contribution is 2.25. The van der Waals surface area contributed by atoms with Crippen LogP contribution in [0.1, 0.15) is 19.3 Å². The molecule has 19 heavy (non-hydrogen) atoms. The number of likely N-dealkylation sites (tertiary alicyclic amines) is 1. The fourth-order valence-electron chi connectivity index (χ4n) is 1.66. The fourth-order valence-corrected chi connectivity index (χ4v) is 2.30. The smallest absolute Gasteiger partial charge is 0.426 e. The molecule has 1 fully saturated rings. The van der Waals surface area contributed by atoms with Crippen LogP contribution in [-0.2, 0) is 14.9 Å². The molecule has 0 aromatic heterocycles. The maximum absolute atomic E-state index is 12.5. The quantitative estimate of drug-likeness (QED) is 0.797. The van der Waals surface area contributed by atoms with Crippen molar-refractivity contribution in [3.63, 3.8) is 0 Å². The zero-order valence-corrected chi connectivity index (χ0v) is 10.7. The molecule has 1 atom stereocenters. The molecule has 0 aromatic carbocycles. The Morgan fingerprint density at radius 3 is 2.21 bits per heavy atom. The molecule has 1 saturated heterocycles. The molecular weight excluding hydrogens is 291 g/mol. The second-order valence-corrected chi connectivity index (χ2v) is 5.71. The molecule has 0 radical (unpaired) electrons. The van der Waals surface area contributed by atoms with Gasteiger partial charge in [0, 0.05) is 13.1 Å². The summed E-state index contributed by atoms with van der Waals surface area (Å²) in [5, 5.41) is 0. The molecule has 0 aliphatic carbocycles. The number of amides is 1. The van der Waals surface area contributed by atoms with E-state index in [0.29, 0.717) is 12.8 Å². The van der Waals surface area contributed by atoms with Gasteiger partial charge in [-0.1, -0.05) is 0 Å². The molecule has 112 valence electrons. The van der Waals surface area contributed by atoms with Gasteiger partial charge in [0.2, 0.25) is 6.10 Å². The molecule has 1 N–H and O–H groups in total. The van der Waals surface area contributed by atoms with Crippen LogP contribution in [-0.4, -0.2) is 55.1 Å². The van der Waals surface area contributed by atoms with Crippen LogP contribution in [0.25, 0.3) is 0 Å². The van der Waals surface area contributed by atoms with Crippen LogP contribution in [0.2, 0.25) is 0 Å². The number of halogens is 3. The summed E-state index contributed by atoms with van der Waals surface area (Å²) < 4.78 is 71.1. The number of piperidine rings is 1. The van der Waals surface area contributed by atoms with E-state index in [2.05, 4.69) is 4.74 Å². The van der Waals surface area contributed by atoms with E-state index < -0.39 is 34.2 Å². The molecule has 1 aliphatic heterocycles. The van der Waals surface area contributed by atoms with E-state index in [4.69, 9.17) is 4.55 Å². The Bertz CT molecular complexity index is 416. The summed E-state index contributed by atoms with van der Waals surface area (Å²) in [5.41, 5.74) is 0. The lowest BCUT2D eigenvalue weighted by atomic mass is 10.1. The lowest BCUT2D eigenvalue weighted by Crippen LogP contribution is -2.44. The van der Waals surface area contributed by atoms with E-state index in [9.17, 15) is 26.4 Å². The predicted octanol–water partition coefficient (Wildman–Crippen LogP) is 1.43. The molecule has 1 aliphatic rings. The minimum Gasteiger partial charge on any atom is -0.435 e. The summed E-state index contributed by atoms with van der Waals surface area (Å²) in [7, 11) is -4.90. The van der Waals surface area contributed by atoms with Gasteiger partial charge in [-0.2, -0.15) is 21.6 Å². The van der Waals surface area contributed by atoms with E-state index in [0.717, 1.165) is 11.3 Å². The SMILES string of the molecule is O=C(OC(CS(=O)(=O)O)C(F)(F)F)N1CCCCC1. The minimum absolute atomic E-state index is 0.273. The van der Waals surface area contributed by atoms with Gasteiger partial charge in [-0.05, 0) is 19.3 Å². The van der Waals surface area contributed by atoms with Crippen LogP contribution in [0, 0.1) is 0 Å². The standard InChI is InChI=1S/C9H14F3NO5S/c10-9(11,12)7(6-19(15,16)17)18-8(14)13-4-2-1-3-5-13/h7H,1-6H2,(H,15,16,17). The molecule has 1 unspecified atom stereocenters. The molecular formula is C9H14F3NO5S. The Labute approximate surface area is 108 Å². The number of hydrogen-bond acceptors (Lipinski definition) is 4. The van der Waals surface area contributed by atoms with Crippen molar-refractivity contribution in [2.75, 3.05) is 18.8 Å². The Morgan fingerprint density at radius 1 is 1.26 bits per heavy atom. The van der Waals surface area contributed by atoms with Gasteiger partial charge >= 0.3 is 12.3 Å². The monoisotopic (exact) mass is 305 g/mol.